The van der Waals surface area contributed by atoms with Crippen LogP contribution >= 0.6 is 12.2 Å². The standard InChI is InChI=1S/C17H28N4OS/c1-3-14-8-4-5-12-21(14)13-7-11-19-17(23)20-16-15(22-2)9-6-10-18-16/h6,9-10,14H,3-5,7-8,11-13H2,1-2H3,(H2,18,19,20,23). The Morgan fingerprint density at radius 2 is 2.35 bits per heavy atom. The van der Waals surface area contributed by atoms with Crippen LogP contribution in [0.3, 0.4) is 0 Å². The Kier molecular flexibility index (Phi) is 7.55. The summed E-state index contributed by atoms with van der Waals surface area (Å²) in [6, 6.07) is 4.47. The minimum absolute atomic E-state index is 0.590. The van der Waals surface area contributed by atoms with Crippen LogP contribution in [0.4, 0.5) is 5.82 Å². The predicted molar refractivity (Wildman–Crippen MR) is 99.1 cm³/mol. The molecule has 1 unspecified atom stereocenters. The number of ether oxygens (including phenoxy) is 1. The molecule has 0 bridgehead atoms. The van der Waals surface area contributed by atoms with Gasteiger partial charge in [-0.05, 0) is 56.6 Å². The Hall–Kier alpha value is -1.40. The fourth-order valence-corrected chi connectivity index (χ4v) is 3.30. The molecule has 1 atom stereocenters. The highest BCUT2D eigenvalue weighted by Crippen LogP contribution is 2.20. The van der Waals surface area contributed by atoms with Crippen molar-refractivity contribution < 1.29 is 4.74 Å². The fourth-order valence-electron chi connectivity index (χ4n) is 3.10. The van der Waals surface area contributed by atoms with Crippen molar-refractivity contribution in [2.45, 2.75) is 45.1 Å². The van der Waals surface area contributed by atoms with Gasteiger partial charge in [0.25, 0.3) is 0 Å². The van der Waals surface area contributed by atoms with E-state index in [0.717, 1.165) is 25.6 Å². The number of anilines is 1. The fraction of sp³-hybridized carbons (Fsp3) is 0.647. The van der Waals surface area contributed by atoms with Gasteiger partial charge in [-0.25, -0.2) is 4.98 Å². The molecule has 6 heteroatoms. The van der Waals surface area contributed by atoms with Gasteiger partial charge in [0.05, 0.1) is 7.11 Å². The molecule has 1 saturated heterocycles. The van der Waals surface area contributed by atoms with Crippen LogP contribution in [0, 0.1) is 0 Å². The van der Waals surface area contributed by atoms with Crippen molar-refractivity contribution >= 4 is 23.1 Å². The van der Waals surface area contributed by atoms with Crippen molar-refractivity contribution in [3.63, 3.8) is 0 Å². The minimum atomic E-state index is 0.590. The Morgan fingerprint density at radius 1 is 1.48 bits per heavy atom. The maximum Gasteiger partial charge on any atom is 0.174 e. The molecule has 2 rings (SSSR count). The highest BCUT2D eigenvalue weighted by Gasteiger charge is 2.19. The zero-order valence-corrected chi connectivity index (χ0v) is 15.0. The molecule has 0 radical (unpaired) electrons. The first-order valence-electron chi connectivity index (χ1n) is 8.52. The second kappa shape index (κ2) is 9.67. The summed E-state index contributed by atoms with van der Waals surface area (Å²) in [7, 11) is 1.63. The zero-order valence-electron chi connectivity index (χ0n) is 14.2. The third-order valence-corrected chi connectivity index (χ3v) is 4.60. The molecule has 1 fully saturated rings. The normalized spacial score (nSPS) is 18.4. The molecule has 0 aromatic carbocycles. The summed E-state index contributed by atoms with van der Waals surface area (Å²) in [6.07, 6.45) is 8.14. The topological polar surface area (TPSA) is 49.4 Å². The molecule has 2 N–H and O–H groups in total. The highest BCUT2D eigenvalue weighted by atomic mass is 32.1. The van der Waals surface area contributed by atoms with E-state index in [0.29, 0.717) is 16.7 Å². The van der Waals surface area contributed by atoms with E-state index < -0.39 is 0 Å². The van der Waals surface area contributed by atoms with Crippen LogP contribution in [0.2, 0.25) is 0 Å². The summed E-state index contributed by atoms with van der Waals surface area (Å²) in [5.41, 5.74) is 0. The molecule has 2 heterocycles. The molecule has 128 valence electrons. The van der Waals surface area contributed by atoms with Gasteiger partial charge >= 0.3 is 0 Å². The number of pyridine rings is 1. The second-order valence-corrected chi connectivity index (χ2v) is 6.29. The number of aromatic nitrogens is 1. The molecular formula is C17H28N4OS. The predicted octanol–water partition coefficient (Wildman–Crippen LogP) is 3.03. The second-order valence-electron chi connectivity index (χ2n) is 5.88. The van der Waals surface area contributed by atoms with Crippen molar-refractivity contribution in [3.05, 3.63) is 18.3 Å². The molecule has 0 spiro atoms. The van der Waals surface area contributed by atoms with Crippen molar-refractivity contribution in [2.24, 2.45) is 0 Å². The van der Waals surface area contributed by atoms with Gasteiger partial charge in [0.15, 0.2) is 16.7 Å². The number of rotatable bonds is 7. The summed E-state index contributed by atoms with van der Waals surface area (Å²) < 4.78 is 5.26. The Labute approximate surface area is 144 Å². The number of piperidine rings is 1. The molecule has 0 saturated carbocycles. The molecule has 1 aliphatic heterocycles. The average molecular weight is 337 g/mol. The minimum Gasteiger partial charge on any atom is -0.493 e. The number of likely N-dealkylation sites (tertiary alicyclic amines) is 1. The number of nitrogens with zero attached hydrogens (tertiary/aromatic N) is 2. The Morgan fingerprint density at radius 3 is 3.13 bits per heavy atom. The van der Waals surface area contributed by atoms with Gasteiger partial charge in [-0.2, -0.15) is 0 Å². The third kappa shape index (κ3) is 5.62. The number of methoxy groups -OCH3 is 1. The lowest BCUT2D eigenvalue weighted by molar-refractivity contribution is 0.143. The van der Waals surface area contributed by atoms with Crippen molar-refractivity contribution in [1.29, 1.82) is 0 Å². The van der Waals surface area contributed by atoms with E-state index in [1.54, 1.807) is 13.3 Å². The van der Waals surface area contributed by atoms with Crippen molar-refractivity contribution in [3.8, 4) is 5.75 Å². The van der Waals surface area contributed by atoms with Gasteiger partial charge in [-0.1, -0.05) is 13.3 Å². The first kappa shape index (κ1) is 17.9. The summed E-state index contributed by atoms with van der Waals surface area (Å²) in [5.74, 6) is 1.34. The van der Waals surface area contributed by atoms with E-state index in [1.807, 2.05) is 12.1 Å². The number of thiocarbonyl (C=S) groups is 1. The van der Waals surface area contributed by atoms with Gasteiger partial charge in [-0.3, -0.25) is 0 Å². The lowest BCUT2D eigenvalue weighted by Gasteiger charge is -2.35. The van der Waals surface area contributed by atoms with Crippen LogP contribution < -0.4 is 15.4 Å². The number of hydrogen-bond acceptors (Lipinski definition) is 4. The average Bonchev–Trinajstić information content (AvgIpc) is 2.59. The summed E-state index contributed by atoms with van der Waals surface area (Å²) in [5, 5.41) is 6.93. The molecule has 0 aliphatic carbocycles. The summed E-state index contributed by atoms with van der Waals surface area (Å²) in [4.78, 5) is 6.87. The van der Waals surface area contributed by atoms with Crippen LogP contribution in [0.1, 0.15) is 39.0 Å². The van der Waals surface area contributed by atoms with E-state index in [4.69, 9.17) is 17.0 Å². The van der Waals surface area contributed by atoms with Crippen molar-refractivity contribution in [1.82, 2.24) is 15.2 Å². The summed E-state index contributed by atoms with van der Waals surface area (Å²) in [6.45, 7) is 5.54. The third-order valence-electron chi connectivity index (χ3n) is 4.35. The van der Waals surface area contributed by atoms with E-state index in [2.05, 4.69) is 27.4 Å². The largest absolute Gasteiger partial charge is 0.493 e. The van der Waals surface area contributed by atoms with Crippen LogP contribution in [-0.4, -0.2) is 47.8 Å². The van der Waals surface area contributed by atoms with Gasteiger partial charge in [0.1, 0.15) is 0 Å². The Bertz CT molecular complexity index is 497. The maximum atomic E-state index is 5.33. The zero-order chi connectivity index (χ0) is 16.5. The van der Waals surface area contributed by atoms with E-state index >= 15 is 0 Å². The van der Waals surface area contributed by atoms with Crippen LogP contribution in [0.15, 0.2) is 18.3 Å². The molecule has 1 aromatic heterocycles. The molecule has 23 heavy (non-hydrogen) atoms. The highest BCUT2D eigenvalue weighted by molar-refractivity contribution is 7.80. The molecule has 0 amide bonds. The van der Waals surface area contributed by atoms with Gasteiger partial charge in [0.2, 0.25) is 0 Å². The first-order valence-corrected chi connectivity index (χ1v) is 8.93. The lowest BCUT2D eigenvalue weighted by atomic mass is 10.00. The number of hydrogen-bond donors (Lipinski definition) is 2. The van der Waals surface area contributed by atoms with Crippen LogP contribution in [-0.2, 0) is 0 Å². The Balaban J connectivity index is 1.68. The van der Waals surface area contributed by atoms with E-state index in [9.17, 15) is 0 Å². The number of nitrogens with one attached hydrogen (secondary N) is 2. The van der Waals surface area contributed by atoms with E-state index in [1.165, 1.54) is 32.2 Å². The van der Waals surface area contributed by atoms with Crippen molar-refractivity contribution in [2.75, 3.05) is 32.1 Å². The van der Waals surface area contributed by atoms with Gasteiger partial charge in [0, 0.05) is 25.3 Å². The monoisotopic (exact) mass is 336 g/mol. The van der Waals surface area contributed by atoms with Gasteiger partial charge in [-0.15, -0.1) is 0 Å². The quantitative estimate of drug-likeness (QED) is 0.590. The van der Waals surface area contributed by atoms with Crippen LogP contribution in [0.5, 0.6) is 5.75 Å². The van der Waals surface area contributed by atoms with Crippen LogP contribution in [0.25, 0.3) is 0 Å². The molecule has 5 nitrogen and oxygen atoms in total. The van der Waals surface area contributed by atoms with Gasteiger partial charge < -0.3 is 20.3 Å². The molecule has 1 aromatic rings. The molecule has 1 aliphatic rings. The lowest BCUT2D eigenvalue weighted by Crippen LogP contribution is -2.41. The molecular weight excluding hydrogens is 308 g/mol. The maximum absolute atomic E-state index is 5.33. The van der Waals surface area contributed by atoms with E-state index in [-0.39, 0.29) is 0 Å². The smallest absolute Gasteiger partial charge is 0.174 e. The first-order chi connectivity index (χ1) is 11.2. The summed E-state index contributed by atoms with van der Waals surface area (Å²) >= 11 is 5.33. The SMILES string of the molecule is CCC1CCCCN1CCCNC(=S)Nc1ncccc1OC.